The molecular formula is C48H40N2. The van der Waals surface area contributed by atoms with Crippen LogP contribution in [0.3, 0.4) is 0 Å². The maximum absolute atomic E-state index is 2.44. The Balaban J connectivity index is 1.01. The van der Waals surface area contributed by atoms with E-state index >= 15 is 0 Å². The maximum atomic E-state index is 2.44. The number of fused-ring (bicyclic) bond motifs is 5. The Kier molecular flexibility index (Phi) is 7.78. The van der Waals surface area contributed by atoms with E-state index < -0.39 is 0 Å². The second kappa shape index (κ2) is 12.9. The summed E-state index contributed by atoms with van der Waals surface area (Å²) in [6, 6.07) is 66.4. The molecule has 7 aromatic carbocycles. The molecule has 0 N–H and O–H groups in total. The lowest BCUT2D eigenvalue weighted by Crippen LogP contribution is -2.20. The predicted molar refractivity (Wildman–Crippen MR) is 210 cm³/mol. The van der Waals surface area contributed by atoms with Crippen LogP contribution in [0.4, 0.5) is 34.1 Å². The fraction of sp³-hybridized carbons (Fsp3) is 0.125. The molecule has 0 radical (unpaired) electrons. The summed E-state index contributed by atoms with van der Waals surface area (Å²) in [4.78, 5) is 4.71. The van der Waals surface area contributed by atoms with Crippen molar-refractivity contribution in [3.05, 3.63) is 204 Å². The third-order valence-electron chi connectivity index (χ3n) is 10.8. The van der Waals surface area contributed by atoms with Crippen molar-refractivity contribution in [3.8, 4) is 11.1 Å². The van der Waals surface area contributed by atoms with Gasteiger partial charge >= 0.3 is 0 Å². The van der Waals surface area contributed by atoms with Gasteiger partial charge in [-0.15, -0.1) is 0 Å². The molecule has 1 fully saturated rings. The Hall–Kier alpha value is -5.86. The van der Waals surface area contributed by atoms with Crippen LogP contribution in [0.5, 0.6) is 0 Å². The Morgan fingerprint density at radius 2 is 0.760 bits per heavy atom. The van der Waals surface area contributed by atoms with Crippen LogP contribution in [0, 0.1) is 0 Å². The number of anilines is 6. The van der Waals surface area contributed by atoms with Crippen LogP contribution in [0.15, 0.2) is 182 Å². The van der Waals surface area contributed by atoms with E-state index in [0.29, 0.717) is 0 Å². The van der Waals surface area contributed by atoms with Crippen LogP contribution < -0.4 is 9.80 Å². The molecule has 1 saturated carbocycles. The smallest absolute Gasteiger partial charge is 0.0468 e. The van der Waals surface area contributed by atoms with Crippen LogP contribution in [0.2, 0.25) is 0 Å². The molecule has 0 bridgehead atoms. The zero-order valence-electron chi connectivity index (χ0n) is 28.3. The van der Waals surface area contributed by atoms with Gasteiger partial charge in [-0.25, -0.2) is 0 Å². The largest absolute Gasteiger partial charge is 0.311 e. The van der Waals surface area contributed by atoms with Crippen molar-refractivity contribution in [2.24, 2.45) is 0 Å². The lowest BCUT2D eigenvalue weighted by atomic mass is 9.77. The number of hydrogen-bond donors (Lipinski definition) is 0. The Labute approximate surface area is 295 Å². The molecule has 1 spiro atoms. The Morgan fingerprint density at radius 3 is 1.28 bits per heavy atom. The zero-order valence-corrected chi connectivity index (χ0v) is 28.3. The third-order valence-corrected chi connectivity index (χ3v) is 10.8. The van der Waals surface area contributed by atoms with E-state index in [1.165, 1.54) is 76.1 Å². The minimum absolute atomic E-state index is 0.184. The summed E-state index contributed by atoms with van der Waals surface area (Å²) in [5.74, 6) is 0. The molecule has 0 aliphatic heterocycles. The van der Waals surface area contributed by atoms with E-state index in [0.717, 1.165) is 23.5 Å². The molecule has 0 aromatic heterocycles. The molecule has 9 rings (SSSR count). The molecule has 50 heavy (non-hydrogen) atoms. The molecule has 0 unspecified atom stereocenters. The van der Waals surface area contributed by atoms with Crippen molar-refractivity contribution in [1.82, 2.24) is 0 Å². The molecule has 2 aliphatic carbocycles. The standard InChI is InChI=1S/C48H40N2/c1-4-14-38(15-5-1)49(39-16-6-2-7-17-39)41-26-22-36(23-27-41)34-37-24-28-42(29-25-37)50(40-18-8-3-9-19-40)43-30-31-47-45(35-43)44-20-10-11-21-46(44)48(47)32-12-13-33-48/h1-11,14-31,35H,12-13,32-34H2. The van der Waals surface area contributed by atoms with Crippen LogP contribution in [-0.4, -0.2) is 0 Å². The van der Waals surface area contributed by atoms with E-state index in [9.17, 15) is 0 Å². The van der Waals surface area contributed by atoms with Gasteiger partial charge in [0.15, 0.2) is 0 Å². The SMILES string of the molecule is c1ccc(N(c2ccccc2)c2ccc(Cc3ccc(N(c4ccccc4)c4ccc5c(c4)-c4ccccc4C54CCCC4)cc3)cc2)cc1. The van der Waals surface area contributed by atoms with Crippen molar-refractivity contribution in [2.75, 3.05) is 9.80 Å². The van der Waals surface area contributed by atoms with Crippen molar-refractivity contribution in [3.63, 3.8) is 0 Å². The van der Waals surface area contributed by atoms with E-state index in [1.807, 2.05) is 0 Å². The van der Waals surface area contributed by atoms with Crippen LogP contribution in [0.25, 0.3) is 11.1 Å². The highest BCUT2D eigenvalue weighted by molar-refractivity contribution is 5.87. The average Bonchev–Trinajstić information content (AvgIpc) is 3.78. The quantitative estimate of drug-likeness (QED) is 0.162. The molecule has 0 saturated heterocycles. The highest BCUT2D eigenvalue weighted by atomic mass is 15.1. The maximum Gasteiger partial charge on any atom is 0.0468 e. The van der Waals surface area contributed by atoms with Crippen LogP contribution in [-0.2, 0) is 11.8 Å². The van der Waals surface area contributed by atoms with Crippen molar-refractivity contribution in [2.45, 2.75) is 37.5 Å². The second-order valence-electron chi connectivity index (χ2n) is 13.8. The summed E-state index contributed by atoms with van der Waals surface area (Å²) >= 11 is 0. The van der Waals surface area contributed by atoms with Gasteiger partial charge in [-0.3, -0.25) is 0 Å². The van der Waals surface area contributed by atoms with Crippen LogP contribution in [0.1, 0.15) is 47.9 Å². The fourth-order valence-electron chi connectivity index (χ4n) is 8.50. The van der Waals surface area contributed by atoms with Gasteiger partial charge < -0.3 is 9.80 Å². The molecule has 7 aromatic rings. The minimum atomic E-state index is 0.184. The first-order valence-corrected chi connectivity index (χ1v) is 17.9. The lowest BCUT2D eigenvalue weighted by molar-refractivity contribution is 0.550. The number of hydrogen-bond acceptors (Lipinski definition) is 2. The van der Waals surface area contributed by atoms with Gasteiger partial charge in [0.05, 0.1) is 0 Å². The number of para-hydroxylation sites is 3. The fourth-order valence-corrected chi connectivity index (χ4v) is 8.50. The number of nitrogens with zero attached hydrogens (tertiary/aromatic N) is 2. The first-order valence-electron chi connectivity index (χ1n) is 17.9. The van der Waals surface area contributed by atoms with E-state index in [4.69, 9.17) is 0 Å². The second-order valence-corrected chi connectivity index (χ2v) is 13.8. The first-order chi connectivity index (χ1) is 24.8. The summed E-state index contributed by atoms with van der Waals surface area (Å²) in [5, 5.41) is 0. The van der Waals surface area contributed by atoms with Gasteiger partial charge in [-0.1, -0.05) is 122 Å². The molecule has 0 atom stereocenters. The van der Waals surface area contributed by atoms with E-state index in [-0.39, 0.29) is 5.41 Å². The van der Waals surface area contributed by atoms with Crippen molar-refractivity contribution >= 4 is 34.1 Å². The predicted octanol–water partition coefficient (Wildman–Crippen LogP) is 13.1. The lowest BCUT2D eigenvalue weighted by Gasteiger charge is -2.28. The Morgan fingerprint density at radius 1 is 0.360 bits per heavy atom. The van der Waals surface area contributed by atoms with Crippen molar-refractivity contribution < 1.29 is 0 Å². The number of rotatable bonds is 8. The van der Waals surface area contributed by atoms with E-state index in [1.54, 1.807) is 0 Å². The number of benzene rings is 7. The van der Waals surface area contributed by atoms with Crippen molar-refractivity contribution in [1.29, 1.82) is 0 Å². The highest BCUT2D eigenvalue weighted by Crippen LogP contribution is 2.57. The molecule has 242 valence electrons. The molecule has 2 heteroatoms. The molecule has 2 nitrogen and oxygen atoms in total. The monoisotopic (exact) mass is 644 g/mol. The van der Waals surface area contributed by atoms with Gasteiger partial charge in [-0.05, 0) is 125 Å². The summed E-state index contributed by atoms with van der Waals surface area (Å²) in [7, 11) is 0. The van der Waals surface area contributed by atoms with Crippen LogP contribution >= 0.6 is 0 Å². The first kappa shape index (κ1) is 30.2. The van der Waals surface area contributed by atoms with Gasteiger partial charge in [0.25, 0.3) is 0 Å². The van der Waals surface area contributed by atoms with Gasteiger partial charge in [0, 0.05) is 39.5 Å². The van der Waals surface area contributed by atoms with Gasteiger partial charge in [-0.2, -0.15) is 0 Å². The average molecular weight is 645 g/mol. The zero-order chi connectivity index (χ0) is 33.3. The normalized spacial score (nSPS) is 13.9. The summed E-state index contributed by atoms with van der Waals surface area (Å²) in [6.07, 6.45) is 5.99. The summed E-state index contributed by atoms with van der Waals surface area (Å²) < 4.78 is 0. The van der Waals surface area contributed by atoms with Gasteiger partial charge in [0.2, 0.25) is 0 Å². The molecule has 2 aliphatic rings. The highest BCUT2D eigenvalue weighted by Gasteiger charge is 2.44. The summed E-state index contributed by atoms with van der Waals surface area (Å²) in [6.45, 7) is 0. The molecule has 0 amide bonds. The minimum Gasteiger partial charge on any atom is -0.311 e. The topological polar surface area (TPSA) is 6.48 Å². The molecular weight excluding hydrogens is 605 g/mol. The molecule has 0 heterocycles. The third kappa shape index (κ3) is 5.38. The summed E-state index contributed by atoms with van der Waals surface area (Å²) in [5.41, 5.74) is 15.6. The Bertz CT molecular complexity index is 2180. The van der Waals surface area contributed by atoms with E-state index in [2.05, 4.69) is 192 Å². The van der Waals surface area contributed by atoms with Gasteiger partial charge in [0.1, 0.15) is 0 Å².